The first-order valence-electron chi connectivity index (χ1n) is 7.82. The number of morpholine rings is 1. The van der Waals surface area contributed by atoms with Crippen LogP contribution in [0.3, 0.4) is 0 Å². The topological polar surface area (TPSA) is 52.1 Å². The zero-order valence-corrected chi connectivity index (χ0v) is 13.7. The Morgan fingerprint density at radius 1 is 1.14 bits per heavy atom. The van der Waals surface area contributed by atoms with Gasteiger partial charge >= 0.3 is 0 Å². The Bertz CT molecular complexity index is 582. The van der Waals surface area contributed by atoms with Crippen molar-refractivity contribution in [3.63, 3.8) is 0 Å². The Balaban J connectivity index is 0.000000774. The summed E-state index contributed by atoms with van der Waals surface area (Å²) in [4.78, 5) is 5.60. The Morgan fingerprint density at radius 2 is 1.76 bits per heavy atom. The number of rotatable bonds is 1. The molecule has 4 nitrogen and oxygen atoms in total. The zero-order chi connectivity index (χ0) is 15.2. The van der Waals surface area contributed by atoms with Gasteiger partial charge in [-0.1, -0.05) is 26.1 Å². The van der Waals surface area contributed by atoms with Crippen molar-refractivity contribution in [1.29, 1.82) is 5.26 Å². The van der Waals surface area contributed by atoms with E-state index in [2.05, 4.69) is 16.0 Å². The molecular formula is C16H23N3OS. The second-order valence-electron chi connectivity index (χ2n) is 5.05. The summed E-state index contributed by atoms with van der Waals surface area (Å²) in [5, 5.41) is 9.31. The minimum atomic E-state index is 0.588. The highest BCUT2D eigenvalue weighted by atomic mass is 32.1. The highest BCUT2D eigenvalue weighted by Gasteiger charge is 2.23. The minimum Gasteiger partial charge on any atom is -0.378 e. The van der Waals surface area contributed by atoms with Crippen molar-refractivity contribution in [3.05, 3.63) is 21.3 Å². The molecule has 1 aliphatic heterocycles. The molecule has 2 heterocycles. The van der Waals surface area contributed by atoms with E-state index in [1.807, 2.05) is 13.8 Å². The third kappa shape index (κ3) is 3.28. The van der Waals surface area contributed by atoms with Gasteiger partial charge in [-0.25, -0.2) is 0 Å². The number of fused-ring (bicyclic) bond motifs is 1. The van der Waals surface area contributed by atoms with E-state index in [0.717, 1.165) is 51.4 Å². The molecule has 1 N–H and O–H groups in total. The van der Waals surface area contributed by atoms with Gasteiger partial charge in [-0.3, -0.25) is 0 Å². The number of pyridine rings is 1. The molecule has 0 radical (unpaired) electrons. The van der Waals surface area contributed by atoms with Gasteiger partial charge in [0.05, 0.1) is 18.8 Å². The summed E-state index contributed by atoms with van der Waals surface area (Å²) in [5.41, 5.74) is 3.17. The Labute approximate surface area is 131 Å². The molecule has 0 bridgehead atoms. The van der Waals surface area contributed by atoms with Crippen molar-refractivity contribution in [1.82, 2.24) is 4.98 Å². The Hall–Kier alpha value is -1.38. The molecule has 1 aromatic heterocycles. The predicted octanol–water partition coefficient (Wildman–Crippen LogP) is 3.36. The van der Waals surface area contributed by atoms with E-state index in [0.29, 0.717) is 10.2 Å². The largest absolute Gasteiger partial charge is 0.378 e. The number of nitriles is 1. The molecule has 0 spiro atoms. The summed E-state index contributed by atoms with van der Waals surface area (Å²) in [6.45, 7) is 7.30. The number of hydrogen-bond acceptors (Lipinski definition) is 4. The number of ether oxygens (including phenoxy) is 1. The predicted molar refractivity (Wildman–Crippen MR) is 87.4 cm³/mol. The quantitative estimate of drug-likeness (QED) is 0.808. The zero-order valence-electron chi connectivity index (χ0n) is 12.9. The molecule has 21 heavy (non-hydrogen) atoms. The van der Waals surface area contributed by atoms with Gasteiger partial charge in [-0.15, -0.1) is 0 Å². The van der Waals surface area contributed by atoms with Crippen molar-refractivity contribution in [3.8, 4) is 6.07 Å². The maximum Gasteiger partial charge on any atom is 0.123 e. The molecule has 0 unspecified atom stereocenters. The first-order chi connectivity index (χ1) is 10.3. The van der Waals surface area contributed by atoms with Crippen LogP contribution in [-0.4, -0.2) is 31.3 Å². The lowest BCUT2D eigenvalue weighted by Crippen LogP contribution is -2.38. The van der Waals surface area contributed by atoms with Gasteiger partial charge in [0.15, 0.2) is 0 Å². The van der Waals surface area contributed by atoms with E-state index >= 15 is 0 Å². The van der Waals surface area contributed by atoms with Crippen molar-refractivity contribution in [2.24, 2.45) is 0 Å². The SMILES string of the molecule is CC.N#Cc1c2c(c(N3CCOCC3)[nH]c1=S)CCCC2. The van der Waals surface area contributed by atoms with Crippen molar-refractivity contribution >= 4 is 18.0 Å². The molecule has 3 rings (SSSR count). The number of nitrogens with zero attached hydrogens (tertiary/aromatic N) is 2. The fourth-order valence-electron chi connectivity index (χ4n) is 3.00. The molecule has 2 aliphatic rings. The molecule has 0 atom stereocenters. The van der Waals surface area contributed by atoms with Gasteiger partial charge in [0.25, 0.3) is 0 Å². The van der Waals surface area contributed by atoms with Crippen molar-refractivity contribution in [2.45, 2.75) is 39.5 Å². The van der Waals surface area contributed by atoms with Crippen LogP contribution in [0.5, 0.6) is 0 Å². The summed E-state index contributed by atoms with van der Waals surface area (Å²) in [6.07, 6.45) is 4.37. The van der Waals surface area contributed by atoms with E-state index in [9.17, 15) is 5.26 Å². The fourth-order valence-corrected chi connectivity index (χ4v) is 3.27. The van der Waals surface area contributed by atoms with E-state index in [1.54, 1.807) is 0 Å². The molecule has 1 aliphatic carbocycles. The number of anilines is 1. The van der Waals surface area contributed by atoms with Gasteiger partial charge in [0, 0.05) is 13.1 Å². The van der Waals surface area contributed by atoms with Crippen LogP contribution >= 0.6 is 12.2 Å². The molecule has 0 amide bonds. The molecule has 1 fully saturated rings. The number of aromatic amines is 1. The van der Waals surface area contributed by atoms with Gasteiger partial charge in [-0.2, -0.15) is 5.26 Å². The summed E-state index contributed by atoms with van der Waals surface area (Å²) < 4.78 is 5.99. The maximum absolute atomic E-state index is 9.31. The van der Waals surface area contributed by atoms with Crippen LogP contribution in [0.2, 0.25) is 0 Å². The average Bonchev–Trinajstić information content (AvgIpc) is 2.57. The van der Waals surface area contributed by atoms with Crippen molar-refractivity contribution in [2.75, 3.05) is 31.2 Å². The number of aromatic nitrogens is 1. The van der Waals surface area contributed by atoms with Gasteiger partial charge < -0.3 is 14.6 Å². The summed E-state index contributed by atoms with van der Waals surface area (Å²) in [5.74, 6) is 1.13. The average molecular weight is 305 g/mol. The maximum atomic E-state index is 9.31. The lowest BCUT2D eigenvalue weighted by molar-refractivity contribution is 0.122. The van der Waals surface area contributed by atoms with E-state index in [-0.39, 0.29) is 0 Å². The van der Waals surface area contributed by atoms with Gasteiger partial charge in [-0.05, 0) is 36.8 Å². The summed E-state index contributed by atoms with van der Waals surface area (Å²) in [6, 6.07) is 2.27. The van der Waals surface area contributed by atoms with Gasteiger partial charge in [0.1, 0.15) is 16.5 Å². The molecule has 5 heteroatoms. The van der Waals surface area contributed by atoms with Crippen LogP contribution < -0.4 is 4.90 Å². The third-order valence-electron chi connectivity index (χ3n) is 3.95. The summed E-state index contributed by atoms with van der Waals surface area (Å²) >= 11 is 5.36. The van der Waals surface area contributed by atoms with Crippen LogP contribution in [-0.2, 0) is 17.6 Å². The number of hydrogen-bond donors (Lipinski definition) is 1. The third-order valence-corrected chi connectivity index (χ3v) is 4.26. The smallest absolute Gasteiger partial charge is 0.123 e. The van der Waals surface area contributed by atoms with Crippen LogP contribution in [0.1, 0.15) is 43.4 Å². The van der Waals surface area contributed by atoms with E-state index in [4.69, 9.17) is 17.0 Å². The first-order valence-corrected chi connectivity index (χ1v) is 8.23. The van der Waals surface area contributed by atoms with Crippen LogP contribution in [0, 0.1) is 16.0 Å². The highest BCUT2D eigenvalue weighted by Crippen LogP contribution is 2.31. The Kier molecular flexibility index (Phi) is 5.77. The molecule has 1 aromatic rings. The van der Waals surface area contributed by atoms with Gasteiger partial charge in [0.2, 0.25) is 0 Å². The second kappa shape index (κ2) is 7.58. The van der Waals surface area contributed by atoms with Crippen molar-refractivity contribution < 1.29 is 4.74 Å². The van der Waals surface area contributed by atoms with Crippen LogP contribution in [0.4, 0.5) is 5.82 Å². The molecule has 114 valence electrons. The molecule has 0 aromatic carbocycles. The highest BCUT2D eigenvalue weighted by molar-refractivity contribution is 7.71. The van der Waals surface area contributed by atoms with E-state index in [1.165, 1.54) is 17.5 Å². The molecule has 1 saturated heterocycles. The monoisotopic (exact) mass is 305 g/mol. The Morgan fingerprint density at radius 3 is 2.38 bits per heavy atom. The fraction of sp³-hybridized carbons (Fsp3) is 0.625. The number of nitrogens with one attached hydrogen (secondary N) is 1. The first kappa shape index (κ1) is 16.0. The minimum absolute atomic E-state index is 0.588. The van der Waals surface area contributed by atoms with Crippen LogP contribution in [0.25, 0.3) is 0 Å². The lowest BCUT2D eigenvalue weighted by atomic mass is 9.89. The normalized spacial score (nSPS) is 17.3. The molecular weight excluding hydrogens is 282 g/mol. The van der Waals surface area contributed by atoms with E-state index < -0.39 is 0 Å². The lowest BCUT2D eigenvalue weighted by Gasteiger charge is -2.32. The number of H-pyrrole nitrogens is 1. The van der Waals surface area contributed by atoms with Crippen LogP contribution in [0.15, 0.2) is 0 Å². The standard InChI is InChI=1S/C14H17N3OS.C2H6/c15-9-12-10-3-1-2-4-11(10)13(16-14(12)19)17-5-7-18-8-6-17;1-2/h1-8H2,(H,16,19);1-2H3. The summed E-state index contributed by atoms with van der Waals surface area (Å²) in [7, 11) is 0. The second-order valence-corrected chi connectivity index (χ2v) is 5.46. The molecule has 0 saturated carbocycles.